The van der Waals surface area contributed by atoms with Gasteiger partial charge in [-0.05, 0) is 31.3 Å². The number of fused-ring (bicyclic) bond motifs is 3. The third kappa shape index (κ3) is 2.88. The van der Waals surface area contributed by atoms with E-state index < -0.39 is 0 Å². The Morgan fingerprint density at radius 1 is 0.955 bits per heavy atom. The largest absolute Gasteiger partial charge is 0.476 e. The molecule has 4 heteroatoms. The van der Waals surface area contributed by atoms with Gasteiger partial charge < -0.3 is 9.64 Å². The molecule has 3 aromatic rings. The predicted molar refractivity (Wildman–Crippen MR) is 90.3 cm³/mol. The number of likely N-dealkylation sites (N-methyl/N-ethyl adjacent to an activating group) is 1. The van der Waals surface area contributed by atoms with Crippen molar-refractivity contribution in [2.45, 2.75) is 13.8 Å². The van der Waals surface area contributed by atoms with Crippen molar-refractivity contribution in [3.8, 4) is 5.88 Å². The summed E-state index contributed by atoms with van der Waals surface area (Å²) < 4.78 is 5.92. The monoisotopic (exact) mass is 295 g/mol. The standard InChI is InChI=1S/C18H21N3O/c1-3-21(4-2)12-13-22-18-16-8-7-14-6-5-10-19-17(14)15(16)9-11-20-18/h5-11H,3-4,12-13H2,1-2H3. The van der Waals surface area contributed by atoms with Crippen LogP contribution in [0.1, 0.15) is 13.8 Å². The van der Waals surface area contributed by atoms with Gasteiger partial charge in [0.25, 0.3) is 0 Å². The fraction of sp³-hybridized carbons (Fsp3) is 0.333. The second-order valence-electron chi connectivity index (χ2n) is 5.23. The van der Waals surface area contributed by atoms with Crippen LogP contribution in [0.4, 0.5) is 0 Å². The molecule has 2 aromatic heterocycles. The van der Waals surface area contributed by atoms with E-state index in [-0.39, 0.29) is 0 Å². The molecule has 3 rings (SSSR count). The van der Waals surface area contributed by atoms with E-state index >= 15 is 0 Å². The number of nitrogens with zero attached hydrogens (tertiary/aromatic N) is 3. The summed E-state index contributed by atoms with van der Waals surface area (Å²) in [6, 6.07) is 10.2. The fourth-order valence-corrected chi connectivity index (χ4v) is 2.70. The minimum Gasteiger partial charge on any atom is -0.476 e. The minimum absolute atomic E-state index is 0.647. The molecule has 0 N–H and O–H groups in total. The quantitative estimate of drug-likeness (QED) is 0.652. The number of benzene rings is 1. The lowest BCUT2D eigenvalue weighted by molar-refractivity contribution is 0.219. The zero-order valence-electron chi connectivity index (χ0n) is 13.1. The van der Waals surface area contributed by atoms with Crippen molar-refractivity contribution in [3.05, 3.63) is 42.7 Å². The van der Waals surface area contributed by atoms with Gasteiger partial charge in [0, 0.05) is 35.1 Å². The van der Waals surface area contributed by atoms with Gasteiger partial charge in [-0.15, -0.1) is 0 Å². The molecule has 0 spiro atoms. The summed E-state index contributed by atoms with van der Waals surface area (Å²) in [5, 5.41) is 3.24. The van der Waals surface area contributed by atoms with E-state index in [1.54, 1.807) is 6.20 Å². The number of rotatable bonds is 6. The highest BCUT2D eigenvalue weighted by atomic mass is 16.5. The summed E-state index contributed by atoms with van der Waals surface area (Å²) in [6.07, 6.45) is 3.62. The average Bonchev–Trinajstić information content (AvgIpc) is 2.58. The highest BCUT2D eigenvalue weighted by Crippen LogP contribution is 2.28. The lowest BCUT2D eigenvalue weighted by Gasteiger charge is -2.18. The van der Waals surface area contributed by atoms with Gasteiger partial charge in [0.05, 0.1) is 5.52 Å². The summed E-state index contributed by atoms with van der Waals surface area (Å²) in [5.74, 6) is 0.692. The van der Waals surface area contributed by atoms with E-state index in [2.05, 4.69) is 46.9 Å². The molecule has 2 heterocycles. The van der Waals surface area contributed by atoms with Crippen LogP contribution >= 0.6 is 0 Å². The van der Waals surface area contributed by atoms with E-state index in [1.807, 2.05) is 18.3 Å². The Morgan fingerprint density at radius 2 is 1.82 bits per heavy atom. The predicted octanol–water partition coefficient (Wildman–Crippen LogP) is 3.50. The molecule has 114 valence electrons. The highest BCUT2D eigenvalue weighted by Gasteiger charge is 2.08. The lowest BCUT2D eigenvalue weighted by Crippen LogP contribution is -2.28. The van der Waals surface area contributed by atoms with Crippen molar-refractivity contribution >= 4 is 21.7 Å². The summed E-state index contributed by atoms with van der Waals surface area (Å²) >= 11 is 0. The molecule has 0 radical (unpaired) electrons. The number of ether oxygens (including phenoxy) is 1. The zero-order valence-corrected chi connectivity index (χ0v) is 13.1. The van der Waals surface area contributed by atoms with Gasteiger partial charge in [-0.2, -0.15) is 0 Å². The van der Waals surface area contributed by atoms with Crippen LogP contribution in [0, 0.1) is 0 Å². The summed E-state index contributed by atoms with van der Waals surface area (Å²) in [7, 11) is 0. The first-order chi connectivity index (χ1) is 10.8. The molecule has 0 saturated carbocycles. The Balaban J connectivity index is 1.89. The first-order valence-corrected chi connectivity index (χ1v) is 7.81. The van der Waals surface area contributed by atoms with Crippen molar-refractivity contribution in [2.24, 2.45) is 0 Å². The second-order valence-corrected chi connectivity index (χ2v) is 5.23. The smallest absolute Gasteiger partial charge is 0.221 e. The SMILES string of the molecule is CCN(CC)CCOc1nccc2c1ccc1cccnc12. The number of hydrogen-bond acceptors (Lipinski definition) is 4. The molecule has 0 aliphatic carbocycles. The van der Waals surface area contributed by atoms with E-state index in [4.69, 9.17) is 4.74 Å². The van der Waals surface area contributed by atoms with Crippen LogP contribution in [0.15, 0.2) is 42.7 Å². The van der Waals surface area contributed by atoms with Crippen LogP contribution in [0.2, 0.25) is 0 Å². The minimum atomic E-state index is 0.647. The molecule has 0 aliphatic heterocycles. The third-order valence-electron chi connectivity index (χ3n) is 4.02. The maximum absolute atomic E-state index is 5.92. The number of aromatic nitrogens is 2. The van der Waals surface area contributed by atoms with Crippen LogP contribution in [0.25, 0.3) is 21.7 Å². The van der Waals surface area contributed by atoms with Crippen LogP contribution in [0.5, 0.6) is 5.88 Å². The Labute approximate surface area is 130 Å². The maximum atomic E-state index is 5.92. The molecule has 0 fully saturated rings. The zero-order chi connectivity index (χ0) is 15.4. The molecular weight excluding hydrogens is 274 g/mol. The van der Waals surface area contributed by atoms with E-state index in [9.17, 15) is 0 Å². The van der Waals surface area contributed by atoms with E-state index in [0.717, 1.165) is 41.3 Å². The fourth-order valence-electron chi connectivity index (χ4n) is 2.70. The molecule has 0 amide bonds. The number of pyridine rings is 2. The van der Waals surface area contributed by atoms with Gasteiger partial charge >= 0.3 is 0 Å². The average molecular weight is 295 g/mol. The first-order valence-electron chi connectivity index (χ1n) is 7.81. The normalized spacial score (nSPS) is 11.4. The molecule has 1 aromatic carbocycles. The van der Waals surface area contributed by atoms with Crippen molar-refractivity contribution in [3.63, 3.8) is 0 Å². The van der Waals surface area contributed by atoms with Crippen LogP contribution in [-0.2, 0) is 0 Å². The van der Waals surface area contributed by atoms with Crippen LogP contribution < -0.4 is 4.74 Å². The molecule has 4 nitrogen and oxygen atoms in total. The van der Waals surface area contributed by atoms with Crippen molar-refractivity contribution < 1.29 is 4.74 Å². The van der Waals surface area contributed by atoms with Gasteiger partial charge in [0.15, 0.2) is 0 Å². The molecule has 0 atom stereocenters. The van der Waals surface area contributed by atoms with Crippen molar-refractivity contribution in [1.29, 1.82) is 0 Å². The lowest BCUT2D eigenvalue weighted by atomic mass is 10.1. The summed E-state index contributed by atoms with van der Waals surface area (Å²) in [4.78, 5) is 11.2. The first kappa shape index (κ1) is 14.7. The Kier molecular flexibility index (Phi) is 4.49. The van der Waals surface area contributed by atoms with Gasteiger partial charge in [0.2, 0.25) is 5.88 Å². The molecule has 0 saturated heterocycles. The van der Waals surface area contributed by atoms with Gasteiger partial charge in [-0.1, -0.05) is 26.0 Å². The molecule has 0 bridgehead atoms. The van der Waals surface area contributed by atoms with Gasteiger partial charge in [0.1, 0.15) is 6.61 Å². The van der Waals surface area contributed by atoms with Gasteiger partial charge in [-0.3, -0.25) is 4.98 Å². The van der Waals surface area contributed by atoms with Crippen LogP contribution in [-0.4, -0.2) is 41.1 Å². The summed E-state index contributed by atoms with van der Waals surface area (Å²) in [6.45, 7) is 7.97. The van der Waals surface area contributed by atoms with E-state index in [1.165, 1.54) is 0 Å². The molecular formula is C18H21N3O. The molecule has 0 aliphatic rings. The Bertz CT molecular complexity index is 768. The van der Waals surface area contributed by atoms with Gasteiger partial charge in [-0.25, -0.2) is 4.98 Å². The topological polar surface area (TPSA) is 38.2 Å². The maximum Gasteiger partial charge on any atom is 0.221 e. The highest BCUT2D eigenvalue weighted by molar-refractivity contribution is 6.06. The third-order valence-corrected chi connectivity index (χ3v) is 4.02. The summed E-state index contributed by atoms with van der Waals surface area (Å²) in [5.41, 5.74) is 0.996. The Morgan fingerprint density at radius 3 is 2.64 bits per heavy atom. The van der Waals surface area contributed by atoms with Crippen LogP contribution in [0.3, 0.4) is 0 Å². The number of hydrogen-bond donors (Lipinski definition) is 0. The van der Waals surface area contributed by atoms with Crippen molar-refractivity contribution in [2.75, 3.05) is 26.2 Å². The second kappa shape index (κ2) is 6.71. The Hall–Kier alpha value is -2.20. The van der Waals surface area contributed by atoms with E-state index in [0.29, 0.717) is 12.5 Å². The molecule has 22 heavy (non-hydrogen) atoms. The molecule has 0 unspecified atom stereocenters. The van der Waals surface area contributed by atoms with Crippen molar-refractivity contribution in [1.82, 2.24) is 14.9 Å².